The monoisotopic (exact) mass is 440 g/mol. The van der Waals surface area contributed by atoms with Crippen molar-refractivity contribution >= 4 is 5.97 Å². The highest BCUT2D eigenvalue weighted by atomic mass is 19.1. The highest BCUT2D eigenvalue weighted by molar-refractivity contribution is 5.88. The van der Waals surface area contributed by atoms with Gasteiger partial charge < -0.3 is 5.11 Å². The van der Waals surface area contributed by atoms with Gasteiger partial charge in [-0.2, -0.15) is 0 Å². The lowest BCUT2D eigenvalue weighted by Crippen LogP contribution is -2.48. The molecule has 9 unspecified atom stereocenters. The van der Waals surface area contributed by atoms with E-state index in [0.717, 1.165) is 66.8 Å². The number of hydrogen-bond donors (Lipinski definition) is 1. The molecule has 0 spiro atoms. The quantitative estimate of drug-likeness (QED) is 0.494. The molecule has 0 heterocycles. The summed E-state index contributed by atoms with van der Waals surface area (Å²) in [5, 5.41) is 9.25. The molecular weight excluding hydrogens is 406 g/mol. The maximum atomic E-state index is 14.9. The summed E-state index contributed by atoms with van der Waals surface area (Å²) in [7, 11) is 0. The van der Waals surface area contributed by atoms with Crippen molar-refractivity contribution in [2.75, 3.05) is 0 Å². The van der Waals surface area contributed by atoms with Crippen molar-refractivity contribution in [2.45, 2.75) is 70.1 Å². The molecule has 0 bridgehead atoms. The largest absolute Gasteiger partial charge is 0.477 e. The summed E-state index contributed by atoms with van der Waals surface area (Å²) in [6, 6.07) is 2.63. The Bertz CT molecular complexity index is 940. The lowest BCUT2D eigenvalue weighted by atomic mass is 9.48. The van der Waals surface area contributed by atoms with E-state index in [-0.39, 0.29) is 5.92 Å². The topological polar surface area (TPSA) is 37.3 Å². The van der Waals surface area contributed by atoms with Crippen molar-refractivity contribution in [3.05, 3.63) is 47.0 Å². The van der Waals surface area contributed by atoms with Gasteiger partial charge in [-0.25, -0.2) is 13.6 Å². The molecule has 5 aliphatic carbocycles. The van der Waals surface area contributed by atoms with Gasteiger partial charge >= 0.3 is 5.97 Å². The Labute approximate surface area is 189 Å². The Morgan fingerprint density at radius 1 is 0.812 bits per heavy atom. The predicted octanol–water partition coefficient (Wildman–Crippen LogP) is 7.20. The maximum absolute atomic E-state index is 14.9. The summed E-state index contributed by atoms with van der Waals surface area (Å²) in [5.74, 6) is 3.35. The van der Waals surface area contributed by atoms with Crippen LogP contribution >= 0.6 is 0 Å². The Morgan fingerprint density at radius 2 is 1.47 bits per heavy atom. The lowest BCUT2D eigenvalue weighted by Gasteiger charge is -2.57. The van der Waals surface area contributed by atoms with Crippen LogP contribution in [-0.2, 0) is 0 Å². The van der Waals surface area contributed by atoms with Crippen LogP contribution in [0.1, 0.15) is 86.0 Å². The van der Waals surface area contributed by atoms with Gasteiger partial charge in [-0.05, 0) is 129 Å². The number of hydrogen-bond acceptors (Lipinski definition) is 1. The first-order chi connectivity index (χ1) is 15.5. The van der Waals surface area contributed by atoms with Crippen molar-refractivity contribution in [2.24, 2.45) is 47.3 Å². The SMILES string of the molecule is O=C(O)c1c(F)ccc(C2CCC3C(CCC4C3CCC3C5CC=CC5CCC34)C2)c1F. The van der Waals surface area contributed by atoms with E-state index in [1.54, 1.807) is 0 Å². The fourth-order valence-electron chi connectivity index (χ4n) is 9.24. The van der Waals surface area contributed by atoms with Gasteiger partial charge in [0.25, 0.3) is 0 Å². The van der Waals surface area contributed by atoms with Crippen LogP contribution < -0.4 is 0 Å². The molecule has 0 saturated heterocycles. The number of allylic oxidation sites excluding steroid dienone is 2. The second kappa shape index (κ2) is 7.95. The van der Waals surface area contributed by atoms with Crippen LogP contribution in [0.4, 0.5) is 8.78 Å². The van der Waals surface area contributed by atoms with Crippen LogP contribution in [0.25, 0.3) is 0 Å². The summed E-state index contributed by atoms with van der Waals surface area (Å²) in [4.78, 5) is 11.4. The molecule has 1 aromatic rings. The van der Waals surface area contributed by atoms with Gasteiger partial charge in [0.05, 0.1) is 0 Å². The minimum Gasteiger partial charge on any atom is -0.477 e. The molecule has 0 aliphatic heterocycles. The average Bonchev–Trinajstić information content (AvgIpc) is 3.27. The van der Waals surface area contributed by atoms with Gasteiger partial charge in [-0.15, -0.1) is 0 Å². The Balaban J connectivity index is 1.19. The highest BCUT2D eigenvalue weighted by Crippen LogP contribution is 2.61. The number of carbonyl (C=O) groups is 1. The van der Waals surface area contributed by atoms with Gasteiger partial charge in [-0.1, -0.05) is 18.2 Å². The van der Waals surface area contributed by atoms with E-state index in [0.29, 0.717) is 11.5 Å². The molecule has 4 fully saturated rings. The number of carboxylic acids is 1. The molecule has 1 aromatic carbocycles. The van der Waals surface area contributed by atoms with E-state index >= 15 is 0 Å². The third-order valence-corrected chi connectivity index (χ3v) is 10.4. The summed E-state index contributed by atoms with van der Waals surface area (Å²) < 4.78 is 28.8. The molecule has 32 heavy (non-hydrogen) atoms. The van der Waals surface area contributed by atoms with Crippen LogP contribution in [0.15, 0.2) is 24.3 Å². The molecule has 0 radical (unpaired) electrons. The first kappa shape index (κ1) is 20.9. The molecule has 172 valence electrons. The fraction of sp³-hybridized carbons (Fsp3) is 0.679. The number of halogens is 2. The Kier molecular flexibility index (Phi) is 5.19. The van der Waals surface area contributed by atoms with Gasteiger partial charge in [0, 0.05) is 0 Å². The molecular formula is C28H34F2O2. The maximum Gasteiger partial charge on any atom is 0.341 e. The molecule has 2 nitrogen and oxygen atoms in total. The van der Waals surface area contributed by atoms with Gasteiger partial charge in [-0.3, -0.25) is 0 Å². The summed E-state index contributed by atoms with van der Waals surface area (Å²) in [6.07, 6.45) is 17.3. The van der Waals surface area contributed by atoms with Gasteiger partial charge in [0.1, 0.15) is 17.2 Å². The van der Waals surface area contributed by atoms with Crippen LogP contribution in [0.3, 0.4) is 0 Å². The molecule has 9 atom stereocenters. The van der Waals surface area contributed by atoms with Crippen molar-refractivity contribution in [1.82, 2.24) is 0 Å². The molecule has 0 aromatic heterocycles. The average molecular weight is 441 g/mol. The second-order valence-electron chi connectivity index (χ2n) is 11.4. The second-order valence-corrected chi connectivity index (χ2v) is 11.4. The first-order valence-corrected chi connectivity index (χ1v) is 12.9. The minimum atomic E-state index is -1.51. The number of fused-ring (bicyclic) bond motifs is 7. The van der Waals surface area contributed by atoms with Crippen molar-refractivity contribution < 1.29 is 18.7 Å². The smallest absolute Gasteiger partial charge is 0.341 e. The van der Waals surface area contributed by atoms with E-state index in [2.05, 4.69) is 12.2 Å². The van der Waals surface area contributed by atoms with Crippen molar-refractivity contribution in [3.63, 3.8) is 0 Å². The van der Waals surface area contributed by atoms with Crippen molar-refractivity contribution in [3.8, 4) is 0 Å². The molecule has 4 heteroatoms. The number of benzene rings is 1. The Hall–Kier alpha value is -1.71. The van der Waals surface area contributed by atoms with E-state index in [9.17, 15) is 18.7 Å². The normalized spacial score (nSPS) is 42.5. The number of aromatic carboxylic acids is 1. The number of carboxylic acid groups (broad SMARTS) is 1. The van der Waals surface area contributed by atoms with Gasteiger partial charge in [0.2, 0.25) is 0 Å². The third-order valence-electron chi connectivity index (χ3n) is 10.4. The molecule has 0 amide bonds. The minimum absolute atomic E-state index is 0.0165. The molecule has 6 rings (SSSR count). The Morgan fingerprint density at radius 3 is 2.25 bits per heavy atom. The van der Waals surface area contributed by atoms with E-state index in [4.69, 9.17) is 0 Å². The zero-order chi connectivity index (χ0) is 22.0. The predicted molar refractivity (Wildman–Crippen MR) is 119 cm³/mol. The third kappa shape index (κ3) is 3.19. The molecule has 4 saturated carbocycles. The molecule has 5 aliphatic rings. The van der Waals surface area contributed by atoms with Crippen LogP contribution in [0, 0.1) is 59.0 Å². The summed E-state index contributed by atoms with van der Waals surface area (Å²) in [5.41, 5.74) is -0.371. The first-order valence-electron chi connectivity index (χ1n) is 12.9. The van der Waals surface area contributed by atoms with Gasteiger partial charge in [0.15, 0.2) is 0 Å². The number of rotatable bonds is 2. The van der Waals surface area contributed by atoms with Crippen LogP contribution in [-0.4, -0.2) is 11.1 Å². The van der Waals surface area contributed by atoms with E-state index < -0.39 is 23.2 Å². The van der Waals surface area contributed by atoms with E-state index in [1.807, 2.05) is 0 Å². The van der Waals surface area contributed by atoms with Crippen molar-refractivity contribution in [1.29, 1.82) is 0 Å². The van der Waals surface area contributed by atoms with Crippen LogP contribution in [0.2, 0.25) is 0 Å². The lowest BCUT2D eigenvalue weighted by molar-refractivity contribution is -0.0655. The zero-order valence-electron chi connectivity index (χ0n) is 18.7. The zero-order valence-corrected chi connectivity index (χ0v) is 18.7. The highest BCUT2D eigenvalue weighted by Gasteiger charge is 2.52. The van der Waals surface area contributed by atoms with Crippen LogP contribution in [0.5, 0.6) is 0 Å². The van der Waals surface area contributed by atoms with E-state index in [1.165, 1.54) is 51.0 Å². The molecule has 1 N–H and O–H groups in total. The standard InChI is InChI=1S/C28H34F2O2/c29-25-13-12-20(27(30)26(25)28(31)32)17-5-7-19-16(14-17)6-9-24-22(19)11-10-21-18-3-1-2-15(18)4-8-23(21)24/h1-2,12-13,15-19,21-24H,3-11,14H2,(H,31,32). The fourth-order valence-corrected chi connectivity index (χ4v) is 9.24. The summed E-state index contributed by atoms with van der Waals surface area (Å²) >= 11 is 0. The summed E-state index contributed by atoms with van der Waals surface area (Å²) in [6.45, 7) is 0.